The highest BCUT2D eigenvalue weighted by Crippen LogP contribution is 2.37. The minimum absolute atomic E-state index is 0.0225. The number of hydrogen-bond donors (Lipinski definition) is 0. The Morgan fingerprint density at radius 1 is 1.12 bits per heavy atom. The van der Waals surface area contributed by atoms with Gasteiger partial charge in [0.15, 0.2) is 5.12 Å². The molecule has 1 amide bonds. The molecule has 0 spiro atoms. The summed E-state index contributed by atoms with van der Waals surface area (Å²) in [5, 5.41) is 1.26. The molecule has 0 aliphatic carbocycles. The fourth-order valence-corrected chi connectivity index (χ4v) is 4.11. The van der Waals surface area contributed by atoms with Gasteiger partial charge in [-0.3, -0.25) is 14.4 Å². The fourth-order valence-electron chi connectivity index (χ4n) is 2.57. The molecule has 0 aliphatic heterocycles. The van der Waals surface area contributed by atoms with Crippen molar-refractivity contribution in [3.8, 4) is 0 Å². The van der Waals surface area contributed by atoms with Crippen molar-refractivity contribution in [1.29, 1.82) is 0 Å². The zero-order valence-electron chi connectivity index (χ0n) is 14.4. The van der Waals surface area contributed by atoms with Gasteiger partial charge in [0, 0.05) is 34.8 Å². The van der Waals surface area contributed by atoms with Crippen LogP contribution < -0.4 is 0 Å². The van der Waals surface area contributed by atoms with E-state index in [2.05, 4.69) is 22.6 Å². The van der Waals surface area contributed by atoms with Crippen molar-refractivity contribution in [2.24, 2.45) is 0 Å². The Bertz CT molecular complexity index is 766. The average molecular weight is 469 g/mol. The maximum atomic E-state index is 12.5. The first-order chi connectivity index (χ1) is 11.9. The van der Waals surface area contributed by atoms with E-state index in [1.54, 1.807) is 14.0 Å². The SMILES string of the molecule is CON(C)C(=O)C[C@H](c1ccccc1I)c1ccccc1SC(C)=O. The van der Waals surface area contributed by atoms with Crippen LogP contribution >= 0.6 is 34.4 Å². The lowest BCUT2D eigenvalue weighted by Crippen LogP contribution is -2.27. The third-order valence-corrected chi connectivity index (χ3v) is 5.69. The molecule has 0 bridgehead atoms. The van der Waals surface area contributed by atoms with Crippen LogP contribution in [-0.2, 0) is 14.4 Å². The minimum atomic E-state index is -0.152. The van der Waals surface area contributed by atoms with Crippen molar-refractivity contribution in [2.45, 2.75) is 24.2 Å². The van der Waals surface area contributed by atoms with Crippen LogP contribution in [0.4, 0.5) is 0 Å². The largest absolute Gasteiger partial charge is 0.287 e. The molecule has 0 heterocycles. The highest BCUT2D eigenvalue weighted by molar-refractivity contribution is 14.1. The number of hydroxylamine groups is 2. The Morgan fingerprint density at radius 2 is 1.72 bits per heavy atom. The topological polar surface area (TPSA) is 46.6 Å². The molecule has 0 unspecified atom stereocenters. The summed E-state index contributed by atoms with van der Waals surface area (Å²) in [5.74, 6) is -0.268. The predicted molar refractivity (Wildman–Crippen MR) is 108 cm³/mol. The molecular weight excluding hydrogens is 449 g/mol. The van der Waals surface area contributed by atoms with E-state index in [0.717, 1.165) is 19.6 Å². The lowest BCUT2D eigenvalue weighted by molar-refractivity contribution is -0.168. The summed E-state index contributed by atoms with van der Waals surface area (Å²) in [6.07, 6.45) is 0.264. The molecule has 25 heavy (non-hydrogen) atoms. The van der Waals surface area contributed by atoms with Crippen LogP contribution in [0.15, 0.2) is 53.4 Å². The smallest absolute Gasteiger partial charge is 0.246 e. The number of thioether (sulfide) groups is 1. The van der Waals surface area contributed by atoms with Crippen LogP contribution in [0.2, 0.25) is 0 Å². The van der Waals surface area contributed by atoms with Crippen LogP contribution in [0.5, 0.6) is 0 Å². The standard InChI is InChI=1S/C19H20INO3S/c1-13(22)25-18-11-7-5-9-15(18)16(12-19(23)21(2)24-3)14-8-4-6-10-17(14)20/h4-11,16H,12H2,1-3H3/t16-/m1/s1. The highest BCUT2D eigenvalue weighted by Gasteiger charge is 2.24. The number of carbonyl (C=O) groups excluding carboxylic acids is 2. The van der Waals surface area contributed by atoms with Crippen molar-refractivity contribution >= 4 is 45.4 Å². The number of amides is 1. The molecule has 0 N–H and O–H groups in total. The van der Waals surface area contributed by atoms with Crippen molar-refractivity contribution in [3.63, 3.8) is 0 Å². The van der Waals surface area contributed by atoms with Gasteiger partial charge in [0.2, 0.25) is 5.91 Å². The summed E-state index contributed by atoms with van der Waals surface area (Å²) in [6.45, 7) is 1.55. The molecular formula is C19H20INO3S. The van der Waals surface area contributed by atoms with Crippen LogP contribution in [0.25, 0.3) is 0 Å². The Labute approximate surface area is 166 Å². The summed E-state index contributed by atoms with van der Waals surface area (Å²) >= 11 is 3.48. The van der Waals surface area contributed by atoms with Crippen molar-refractivity contribution in [2.75, 3.05) is 14.2 Å². The first-order valence-corrected chi connectivity index (χ1v) is 9.66. The zero-order valence-corrected chi connectivity index (χ0v) is 17.3. The molecule has 0 fully saturated rings. The normalized spacial score (nSPS) is 11.8. The van der Waals surface area contributed by atoms with Crippen LogP contribution in [0.3, 0.4) is 0 Å². The number of benzene rings is 2. The molecule has 0 saturated carbocycles. The third-order valence-electron chi connectivity index (χ3n) is 3.83. The maximum absolute atomic E-state index is 12.5. The molecule has 1 atom stereocenters. The van der Waals surface area contributed by atoms with Crippen LogP contribution in [0, 0.1) is 3.57 Å². The van der Waals surface area contributed by atoms with Crippen molar-refractivity contribution in [1.82, 2.24) is 5.06 Å². The Hall–Kier alpha value is -1.38. The van der Waals surface area contributed by atoms with Gasteiger partial charge in [-0.1, -0.05) is 48.2 Å². The molecule has 4 nitrogen and oxygen atoms in total. The van der Waals surface area contributed by atoms with Gasteiger partial charge in [-0.2, -0.15) is 0 Å². The predicted octanol–water partition coefficient (Wildman–Crippen LogP) is 4.47. The maximum Gasteiger partial charge on any atom is 0.246 e. The second-order valence-electron chi connectivity index (χ2n) is 5.48. The minimum Gasteiger partial charge on any atom is -0.287 e. The lowest BCUT2D eigenvalue weighted by atomic mass is 9.88. The molecule has 6 heteroatoms. The summed E-state index contributed by atoms with van der Waals surface area (Å²) in [7, 11) is 3.07. The number of nitrogens with zero attached hydrogens (tertiary/aromatic N) is 1. The van der Waals surface area contributed by atoms with E-state index in [1.807, 2.05) is 48.5 Å². The summed E-state index contributed by atoms with van der Waals surface area (Å²) in [5.41, 5.74) is 2.04. The molecule has 0 aromatic heterocycles. The summed E-state index contributed by atoms with van der Waals surface area (Å²) in [4.78, 5) is 30.0. The van der Waals surface area contributed by atoms with Gasteiger partial charge in [-0.25, -0.2) is 5.06 Å². The Kier molecular flexibility index (Phi) is 7.46. The van der Waals surface area contributed by atoms with Gasteiger partial charge in [0.05, 0.1) is 7.11 Å². The van der Waals surface area contributed by atoms with Gasteiger partial charge in [0.1, 0.15) is 0 Å². The van der Waals surface area contributed by atoms with Crippen LogP contribution in [-0.4, -0.2) is 30.2 Å². The monoisotopic (exact) mass is 469 g/mol. The van der Waals surface area contributed by atoms with Gasteiger partial charge < -0.3 is 0 Å². The Morgan fingerprint density at radius 3 is 2.32 bits per heavy atom. The van der Waals surface area contributed by atoms with E-state index in [9.17, 15) is 9.59 Å². The average Bonchev–Trinajstić information content (AvgIpc) is 2.59. The van der Waals surface area contributed by atoms with Gasteiger partial charge in [-0.05, 0) is 45.9 Å². The Balaban J connectivity index is 2.51. The van der Waals surface area contributed by atoms with E-state index < -0.39 is 0 Å². The lowest BCUT2D eigenvalue weighted by Gasteiger charge is -2.23. The first kappa shape index (κ1) is 19.9. The van der Waals surface area contributed by atoms with Gasteiger partial charge in [0.25, 0.3) is 0 Å². The molecule has 2 rings (SSSR count). The van der Waals surface area contributed by atoms with Crippen molar-refractivity contribution in [3.05, 3.63) is 63.2 Å². The molecule has 0 aliphatic rings. The van der Waals surface area contributed by atoms with E-state index in [-0.39, 0.29) is 23.4 Å². The molecule has 0 saturated heterocycles. The van der Waals surface area contributed by atoms with E-state index in [4.69, 9.17) is 4.84 Å². The quantitative estimate of drug-likeness (QED) is 0.356. The number of rotatable bonds is 6. The summed E-state index contributed by atoms with van der Waals surface area (Å²) in [6, 6.07) is 15.7. The third kappa shape index (κ3) is 5.29. The van der Waals surface area contributed by atoms with Gasteiger partial charge in [-0.15, -0.1) is 0 Å². The molecule has 2 aromatic carbocycles. The number of carbonyl (C=O) groups is 2. The molecule has 0 radical (unpaired) electrons. The fraction of sp³-hybridized carbons (Fsp3) is 0.263. The summed E-state index contributed by atoms with van der Waals surface area (Å²) < 4.78 is 1.08. The van der Waals surface area contributed by atoms with E-state index >= 15 is 0 Å². The second kappa shape index (κ2) is 9.35. The highest BCUT2D eigenvalue weighted by atomic mass is 127. The number of hydrogen-bond acceptors (Lipinski definition) is 4. The van der Waals surface area contributed by atoms with Crippen LogP contribution in [0.1, 0.15) is 30.4 Å². The zero-order chi connectivity index (χ0) is 18.4. The van der Waals surface area contributed by atoms with Gasteiger partial charge >= 0.3 is 0 Å². The number of halogens is 1. The van der Waals surface area contributed by atoms with E-state index in [0.29, 0.717) is 0 Å². The molecule has 132 valence electrons. The molecule has 2 aromatic rings. The second-order valence-corrected chi connectivity index (χ2v) is 7.86. The first-order valence-electron chi connectivity index (χ1n) is 7.76. The van der Waals surface area contributed by atoms with E-state index in [1.165, 1.54) is 23.9 Å². The van der Waals surface area contributed by atoms with Crippen molar-refractivity contribution < 1.29 is 14.4 Å².